The largest absolute Gasteiger partial charge is 0.324 e. The van der Waals surface area contributed by atoms with Crippen LogP contribution in [0.2, 0.25) is 0 Å². The summed E-state index contributed by atoms with van der Waals surface area (Å²) in [5.74, 6) is 0. The molecular weight excluding hydrogens is 186 g/mol. The standard InChI is InChI=1S/C12H21N3/c1-4-6-7-11(13)10-8-9(3)14-15-12(10)5-2/h8,11H,4-7,13H2,1-3H3. The van der Waals surface area contributed by atoms with E-state index in [1.807, 2.05) is 6.92 Å². The molecule has 0 saturated carbocycles. The van der Waals surface area contributed by atoms with Crippen LogP contribution in [-0.2, 0) is 6.42 Å². The monoisotopic (exact) mass is 207 g/mol. The first-order valence-electron chi connectivity index (χ1n) is 5.77. The highest BCUT2D eigenvalue weighted by molar-refractivity contribution is 5.24. The first kappa shape index (κ1) is 12.1. The van der Waals surface area contributed by atoms with Crippen LogP contribution in [0.1, 0.15) is 56.1 Å². The Kier molecular flexibility index (Phi) is 4.69. The van der Waals surface area contributed by atoms with Crippen molar-refractivity contribution in [3.8, 4) is 0 Å². The Morgan fingerprint density at radius 3 is 2.67 bits per heavy atom. The van der Waals surface area contributed by atoms with Crippen LogP contribution in [0.25, 0.3) is 0 Å². The number of unbranched alkanes of at least 4 members (excludes halogenated alkanes) is 1. The molecule has 15 heavy (non-hydrogen) atoms. The quantitative estimate of drug-likeness (QED) is 0.807. The van der Waals surface area contributed by atoms with Gasteiger partial charge in [-0.2, -0.15) is 10.2 Å². The average molecular weight is 207 g/mol. The Balaban J connectivity index is 2.85. The van der Waals surface area contributed by atoms with Gasteiger partial charge in [0.05, 0.1) is 11.4 Å². The molecule has 1 aromatic heterocycles. The summed E-state index contributed by atoms with van der Waals surface area (Å²) in [6, 6.07) is 2.20. The third-order valence-electron chi connectivity index (χ3n) is 2.63. The second kappa shape index (κ2) is 5.81. The highest BCUT2D eigenvalue weighted by Gasteiger charge is 2.11. The highest BCUT2D eigenvalue weighted by atomic mass is 15.1. The summed E-state index contributed by atoms with van der Waals surface area (Å²) in [6.07, 6.45) is 4.30. The number of aryl methyl sites for hydroxylation is 2. The predicted octanol–water partition coefficient (Wildman–Crippen LogP) is 2.54. The zero-order valence-corrected chi connectivity index (χ0v) is 9.95. The summed E-state index contributed by atoms with van der Waals surface area (Å²) < 4.78 is 0. The molecule has 1 atom stereocenters. The minimum atomic E-state index is 0.120. The number of nitrogens with two attached hydrogens (primary N) is 1. The molecule has 2 N–H and O–H groups in total. The molecule has 0 fully saturated rings. The van der Waals surface area contributed by atoms with E-state index in [2.05, 4.69) is 30.1 Å². The highest BCUT2D eigenvalue weighted by Crippen LogP contribution is 2.20. The van der Waals surface area contributed by atoms with Crippen LogP contribution >= 0.6 is 0 Å². The number of hydrogen-bond donors (Lipinski definition) is 1. The zero-order valence-electron chi connectivity index (χ0n) is 9.95. The van der Waals surface area contributed by atoms with Gasteiger partial charge in [-0.25, -0.2) is 0 Å². The molecule has 0 spiro atoms. The van der Waals surface area contributed by atoms with Crippen LogP contribution in [0.3, 0.4) is 0 Å². The summed E-state index contributed by atoms with van der Waals surface area (Å²) in [5.41, 5.74) is 9.34. The second-order valence-corrected chi connectivity index (χ2v) is 3.99. The van der Waals surface area contributed by atoms with E-state index in [0.29, 0.717) is 0 Å². The van der Waals surface area contributed by atoms with Gasteiger partial charge in [0, 0.05) is 6.04 Å². The lowest BCUT2D eigenvalue weighted by Crippen LogP contribution is -2.14. The summed E-state index contributed by atoms with van der Waals surface area (Å²) in [7, 11) is 0. The van der Waals surface area contributed by atoms with Crippen LogP contribution in [0.4, 0.5) is 0 Å². The molecule has 84 valence electrons. The lowest BCUT2D eigenvalue weighted by Gasteiger charge is -2.14. The van der Waals surface area contributed by atoms with Gasteiger partial charge in [0.25, 0.3) is 0 Å². The van der Waals surface area contributed by atoms with Crippen molar-refractivity contribution in [3.05, 3.63) is 23.0 Å². The molecule has 0 aliphatic rings. The number of aromatic nitrogens is 2. The molecule has 3 nitrogen and oxygen atoms in total. The summed E-state index contributed by atoms with van der Waals surface area (Å²) in [6.45, 7) is 6.24. The molecular formula is C12H21N3. The third kappa shape index (κ3) is 3.27. The van der Waals surface area contributed by atoms with E-state index in [4.69, 9.17) is 5.73 Å². The van der Waals surface area contributed by atoms with Crippen molar-refractivity contribution in [1.29, 1.82) is 0 Å². The van der Waals surface area contributed by atoms with E-state index >= 15 is 0 Å². The third-order valence-corrected chi connectivity index (χ3v) is 2.63. The second-order valence-electron chi connectivity index (χ2n) is 3.99. The van der Waals surface area contributed by atoms with Crippen molar-refractivity contribution in [3.63, 3.8) is 0 Å². The normalized spacial score (nSPS) is 12.8. The van der Waals surface area contributed by atoms with Crippen LogP contribution in [0.15, 0.2) is 6.07 Å². The van der Waals surface area contributed by atoms with Gasteiger partial charge in [-0.05, 0) is 31.4 Å². The van der Waals surface area contributed by atoms with E-state index in [1.54, 1.807) is 0 Å². The summed E-state index contributed by atoms with van der Waals surface area (Å²) >= 11 is 0. The lowest BCUT2D eigenvalue weighted by molar-refractivity contribution is 0.592. The molecule has 0 bridgehead atoms. The predicted molar refractivity (Wildman–Crippen MR) is 62.6 cm³/mol. The van der Waals surface area contributed by atoms with Gasteiger partial charge < -0.3 is 5.73 Å². The Bertz CT molecular complexity index is 310. The summed E-state index contributed by atoms with van der Waals surface area (Å²) in [4.78, 5) is 0. The fraction of sp³-hybridized carbons (Fsp3) is 0.667. The molecule has 1 heterocycles. The van der Waals surface area contributed by atoms with Crippen molar-refractivity contribution in [2.24, 2.45) is 5.73 Å². The van der Waals surface area contributed by atoms with E-state index in [9.17, 15) is 0 Å². The van der Waals surface area contributed by atoms with E-state index < -0.39 is 0 Å². The maximum atomic E-state index is 6.16. The summed E-state index contributed by atoms with van der Waals surface area (Å²) in [5, 5.41) is 8.26. The van der Waals surface area contributed by atoms with Crippen LogP contribution in [0.5, 0.6) is 0 Å². The smallest absolute Gasteiger partial charge is 0.0676 e. The van der Waals surface area contributed by atoms with Crippen LogP contribution in [-0.4, -0.2) is 10.2 Å². The number of hydrogen-bond acceptors (Lipinski definition) is 3. The minimum absolute atomic E-state index is 0.120. The first-order valence-corrected chi connectivity index (χ1v) is 5.77. The van der Waals surface area contributed by atoms with Gasteiger partial charge in [0.1, 0.15) is 0 Å². The van der Waals surface area contributed by atoms with Gasteiger partial charge in [-0.15, -0.1) is 0 Å². The number of rotatable bonds is 5. The molecule has 0 aliphatic heterocycles. The fourth-order valence-corrected chi connectivity index (χ4v) is 1.71. The zero-order chi connectivity index (χ0) is 11.3. The molecule has 0 aromatic carbocycles. The van der Waals surface area contributed by atoms with Crippen molar-refractivity contribution in [2.45, 2.75) is 52.5 Å². The maximum absolute atomic E-state index is 6.16. The van der Waals surface area contributed by atoms with Gasteiger partial charge in [-0.1, -0.05) is 26.7 Å². The molecule has 0 amide bonds. The van der Waals surface area contributed by atoms with E-state index in [0.717, 1.165) is 24.2 Å². The van der Waals surface area contributed by atoms with Crippen molar-refractivity contribution >= 4 is 0 Å². The van der Waals surface area contributed by atoms with E-state index in [-0.39, 0.29) is 6.04 Å². The molecule has 0 aliphatic carbocycles. The van der Waals surface area contributed by atoms with E-state index in [1.165, 1.54) is 18.4 Å². The number of nitrogens with zero attached hydrogens (tertiary/aromatic N) is 2. The molecule has 0 radical (unpaired) electrons. The molecule has 1 unspecified atom stereocenters. The van der Waals surface area contributed by atoms with Gasteiger partial charge in [-0.3, -0.25) is 0 Å². The Morgan fingerprint density at radius 1 is 1.33 bits per heavy atom. The average Bonchev–Trinajstić information content (AvgIpc) is 2.25. The molecule has 3 heteroatoms. The maximum Gasteiger partial charge on any atom is 0.0676 e. The van der Waals surface area contributed by atoms with Crippen molar-refractivity contribution in [1.82, 2.24) is 10.2 Å². The van der Waals surface area contributed by atoms with Crippen molar-refractivity contribution < 1.29 is 0 Å². The minimum Gasteiger partial charge on any atom is -0.324 e. The lowest BCUT2D eigenvalue weighted by atomic mass is 9.99. The first-order chi connectivity index (χ1) is 7.19. The Labute approximate surface area is 92.1 Å². The molecule has 1 aromatic rings. The topological polar surface area (TPSA) is 51.8 Å². The fourth-order valence-electron chi connectivity index (χ4n) is 1.71. The van der Waals surface area contributed by atoms with Gasteiger partial charge in [0.15, 0.2) is 0 Å². The van der Waals surface area contributed by atoms with Gasteiger partial charge in [0.2, 0.25) is 0 Å². The van der Waals surface area contributed by atoms with Crippen molar-refractivity contribution in [2.75, 3.05) is 0 Å². The molecule has 1 rings (SSSR count). The van der Waals surface area contributed by atoms with Gasteiger partial charge >= 0.3 is 0 Å². The van der Waals surface area contributed by atoms with Crippen LogP contribution < -0.4 is 5.73 Å². The molecule has 0 saturated heterocycles. The SMILES string of the molecule is CCCCC(N)c1cc(C)nnc1CC. The Hall–Kier alpha value is -0.960. The Morgan fingerprint density at radius 2 is 2.07 bits per heavy atom. The van der Waals surface area contributed by atoms with Crippen LogP contribution in [0, 0.1) is 6.92 Å².